The number of H-pyrrole nitrogens is 1. The fourth-order valence-corrected chi connectivity index (χ4v) is 6.35. The SMILES string of the molecule is FC12CC(CNCc3cc4ccc(Cn5cc(-c6cncc(N7CCCC7)c6)nn5)cc4[nH]3)(C1)C2. The van der Waals surface area contributed by atoms with E-state index in [-0.39, 0.29) is 5.41 Å². The van der Waals surface area contributed by atoms with Crippen LogP contribution in [-0.2, 0) is 13.1 Å². The molecule has 180 valence electrons. The van der Waals surface area contributed by atoms with Gasteiger partial charge >= 0.3 is 0 Å². The van der Waals surface area contributed by atoms with E-state index in [0.29, 0.717) is 6.54 Å². The molecule has 35 heavy (non-hydrogen) atoms. The van der Waals surface area contributed by atoms with Crippen molar-refractivity contribution in [3.05, 3.63) is 60.2 Å². The van der Waals surface area contributed by atoms with E-state index in [0.717, 1.165) is 73.6 Å². The molecule has 1 aromatic carbocycles. The van der Waals surface area contributed by atoms with Gasteiger partial charge in [-0.2, -0.15) is 0 Å². The Bertz CT molecular complexity index is 1360. The Morgan fingerprint density at radius 3 is 2.74 bits per heavy atom. The Morgan fingerprint density at radius 2 is 1.91 bits per heavy atom. The number of pyridine rings is 1. The molecule has 0 radical (unpaired) electrons. The lowest BCUT2D eigenvalue weighted by Crippen LogP contribution is -2.67. The second-order valence-corrected chi connectivity index (χ2v) is 10.9. The number of halogens is 1. The molecular weight excluding hydrogens is 441 g/mol. The fraction of sp³-hybridized carbons (Fsp3) is 0.444. The largest absolute Gasteiger partial charge is 0.370 e. The number of nitrogens with zero attached hydrogens (tertiary/aromatic N) is 5. The van der Waals surface area contributed by atoms with Crippen LogP contribution in [-0.4, -0.2) is 50.3 Å². The van der Waals surface area contributed by atoms with Gasteiger partial charge in [0.15, 0.2) is 0 Å². The number of anilines is 1. The summed E-state index contributed by atoms with van der Waals surface area (Å²) in [5.74, 6) is 0. The van der Waals surface area contributed by atoms with Gasteiger partial charge in [-0.05, 0) is 66.7 Å². The molecule has 8 rings (SSSR count). The summed E-state index contributed by atoms with van der Waals surface area (Å²) in [6.45, 7) is 4.53. The maximum absolute atomic E-state index is 13.7. The maximum Gasteiger partial charge on any atom is 0.114 e. The van der Waals surface area contributed by atoms with E-state index in [9.17, 15) is 4.39 Å². The van der Waals surface area contributed by atoms with Crippen LogP contribution in [0.1, 0.15) is 43.4 Å². The smallest absolute Gasteiger partial charge is 0.114 e. The van der Waals surface area contributed by atoms with Crippen LogP contribution >= 0.6 is 0 Å². The summed E-state index contributed by atoms with van der Waals surface area (Å²) >= 11 is 0. The molecule has 3 saturated carbocycles. The molecule has 0 atom stereocenters. The van der Waals surface area contributed by atoms with Gasteiger partial charge < -0.3 is 15.2 Å². The van der Waals surface area contributed by atoms with E-state index in [1.807, 2.05) is 23.3 Å². The van der Waals surface area contributed by atoms with Crippen molar-refractivity contribution in [2.24, 2.45) is 5.41 Å². The van der Waals surface area contributed by atoms with Gasteiger partial charge in [-0.1, -0.05) is 17.3 Å². The summed E-state index contributed by atoms with van der Waals surface area (Å²) in [7, 11) is 0. The number of benzene rings is 1. The van der Waals surface area contributed by atoms with E-state index in [4.69, 9.17) is 0 Å². The van der Waals surface area contributed by atoms with Crippen LogP contribution in [0, 0.1) is 5.41 Å². The summed E-state index contributed by atoms with van der Waals surface area (Å²) in [6.07, 6.45) is 10.5. The average molecular weight is 472 g/mol. The molecule has 7 nitrogen and oxygen atoms in total. The lowest BCUT2D eigenvalue weighted by atomic mass is 9.42. The van der Waals surface area contributed by atoms with Crippen molar-refractivity contribution < 1.29 is 4.39 Å². The van der Waals surface area contributed by atoms with Crippen molar-refractivity contribution in [3.63, 3.8) is 0 Å². The molecule has 4 fully saturated rings. The predicted octanol–water partition coefficient (Wildman–Crippen LogP) is 4.45. The topological polar surface area (TPSA) is 74.7 Å². The normalized spacial score (nSPS) is 25.1. The zero-order valence-electron chi connectivity index (χ0n) is 19.8. The molecule has 4 aliphatic rings. The van der Waals surface area contributed by atoms with Crippen molar-refractivity contribution in [2.75, 3.05) is 24.5 Å². The molecule has 0 amide bonds. The van der Waals surface area contributed by atoms with Gasteiger partial charge in [0, 0.05) is 49.1 Å². The Balaban J connectivity index is 1.01. The van der Waals surface area contributed by atoms with Crippen LogP contribution < -0.4 is 10.2 Å². The minimum Gasteiger partial charge on any atom is -0.370 e. The first kappa shape index (κ1) is 21.1. The van der Waals surface area contributed by atoms with Gasteiger partial charge in [0.25, 0.3) is 0 Å². The van der Waals surface area contributed by atoms with Crippen molar-refractivity contribution >= 4 is 16.6 Å². The number of nitrogens with one attached hydrogen (secondary N) is 2. The summed E-state index contributed by atoms with van der Waals surface area (Å²) in [6, 6.07) is 10.8. The van der Waals surface area contributed by atoms with Gasteiger partial charge in [0.2, 0.25) is 0 Å². The van der Waals surface area contributed by atoms with Crippen LogP contribution in [0.5, 0.6) is 0 Å². The molecule has 1 saturated heterocycles. The molecule has 4 aromatic rings. The van der Waals surface area contributed by atoms with Crippen molar-refractivity contribution in [3.8, 4) is 11.3 Å². The average Bonchev–Trinajstić information content (AvgIpc) is 3.58. The molecule has 4 heterocycles. The highest BCUT2D eigenvalue weighted by Gasteiger charge is 2.68. The van der Waals surface area contributed by atoms with Crippen LogP contribution in [0.15, 0.2) is 48.9 Å². The van der Waals surface area contributed by atoms with Crippen LogP contribution in [0.3, 0.4) is 0 Å². The summed E-state index contributed by atoms with van der Waals surface area (Å²) in [5, 5.41) is 13.5. The molecule has 2 bridgehead atoms. The molecule has 8 heteroatoms. The van der Waals surface area contributed by atoms with E-state index >= 15 is 0 Å². The second-order valence-electron chi connectivity index (χ2n) is 10.9. The Morgan fingerprint density at radius 1 is 1.06 bits per heavy atom. The number of fused-ring (bicyclic) bond motifs is 1. The molecule has 0 spiro atoms. The minimum atomic E-state index is -0.821. The standard InChI is InChI=1S/C27H30FN7/c28-27-15-26(16-27,17-27)18-30-11-22-8-20-4-3-19(7-24(20)31-22)13-35-14-25(32-33-35)21-9-23(12-29-10-21)34-5-1-2-6-34/h3-4,7-10,12,14,30-31H,1-2,5-6,11,13,15-18H2. The third-order valence-corrected chi connectivity index (χ3v) is 8.01. The predicted molar refractivity (Wildman–Crippen MR) is 134 cm³/mol. The summed E-state index contributed by atoms with van der Waals surface area (Å²) in [4.78, 5) is 10.4. The summed E-state index contributed by atoms with van der Waals surface area (Å²) in [5.41, 5.74) is 5.86. The first-order valence-corrected chi connectivity index (χ1v) is 12.7. The lowest BCUT2D eigenvalue weighted by molar-refractivity contribution is -0.209. The first-order valence-electron chi connectivity index (χ1n) is 12.7. The van der Waals surface area contributed by atoms with Crippen LogP contribution in [0.25, 0.3) is 22.2 Å². The van der Waals surface area contributed by atoms with E-state index in [1.165, 1.54) is 23.8 Å². The molecule has 3 aliphatic carbocycles. The van der Waals surface area contributed by atoms with E-state index in [1.54, 1.807) is 0 Å². The monoisotopic (exact) mass is 471 g/mol. The number of rotatable bonds is 8. The van der Waals surface area contributed by atoms with Gasteiger partial charge in [-0.3, -0.25) is 4.98 Å². The zero-order valence-corrected chi connectivity index (χ0v) is 19.8. The van der Waals surface area contributed by atoms with Crippen molar-refractivity contribution in [1.29, 1.82) is 0 Å². The highest BCUT2D eigenvalue weighted by Crippen LogP contribution is 2.69. The number of hydrogen-bond acceptors (Lipinski definition) is 5. The molecule has 1 aliphatic heterocycles. The minimum absolute atomic E-state index is 0.232. The lowest BCUT2D eigenvalue weighted by Gasteiger charge is -2.66. The molecule has 3 aromatic heterocycles. The number of aromatic nitrogens is 5. The Hall–Kier alpha value is -3.26. The van der Waals surface area contributed by atoms with E-state index < -0.39 is 5.67 Å². The van der Waals surface area contributed by atoms with Gasteiger partial charge in [-0.15, -0.1) is 5.10 Å². The van der Waals surface area contributed by atoms with E-state index in [2.05, 4.69) is 60.8 Å². The third kappa shape index (κ3) is 3.89. The van der Waals surface area contributed by atoms with Gasteiger partial charge in [0.1, 0.15) is 11.4 Å². The highest BCUT2D eigenvalue weighted by atomic mass is 19.1. The van der Waals surface area contributed by atoms with Crippen molar-refractivity contribution in [2.45, 2.75) is 50.9 Å². The maximum atomic E-state index is 13.7. The fourth-order valence-electron chi connectivity index (χ4n) is 6.35. The molecule has 2 N–H and O–H groups in total. The Labute approximate surface area is 203 Å². The Kier molecular flexibility index (Phi) is 4.74. The zero-order chi connectivity index (χ0) is 23.5. The first-order chi connectivity index (χ1) is 17.0. The number of alkyl halides is 1. The number of hydrogen-bond donors (Lipinski definition) is 2. The summed E-state index contributed by atoms with van der Waals surface area (Å²) < 4.78 is 15.6. The van der Waals surface area contributed by atoms with Crippen LogP contribution in [0.2, 0.25) is 0 Å². The third-order valence-electron chi connectivity index (χ3n) is 8.01. The van der Waals surface area contributed by atoms with Crippen molar-refractivity contribution in [1.82, 2.24) is 30.3 Å². The van der Waals surface area contributed by atoms with Crippen LogP contribution in [0.4, 0.5) is 10.1 Å². The van der Waals surface area contributed by atoms with Gasteiger partial charge in [-0.25, -0.2) is 9.07 Å². The number of aromatic amines is 1. The second kappa shape index (κ2) is 7.88. The van der Waals surface area contributed by atoms with Gasteiger partial charge in [0.05, 0.1) is 24.6 Å². The molecular formula is C27H30FN7. The quantitative estimate of drug-likeness (QED) is 0.397. The highest BCUT2D eigenvalue weighted by molar-refractivity contribution is 5.81. The molecule has 0 unspecified atom stereocenters.